The van der Waals surface area contributed by atoms with Gasteiger partial charge in [0.15, 0.2) is 0 Å². The largest absolute Gasteiger partial charge is 0.496 e. The molecule has 2 rings (SSSR count). The van der Waals surface area contributed by atoms with E-state index < -0.39 is 0 Å². The first-order chi connectivity index (χ1) is 8.29. The van der Waals surface area contributed by atoms with Crippen molar-refractivity contribution < 1.29 is 4.74 Å². The molecule has 0 spiro atoms. The molecule has 0 aliphatic rings. The predicted octanol–water partition coefficient (Wildman–Crippen LogP) is 1.31. The lowest BCUT2D eigenvalue weighted by Crippen LogP contribution is -1.95. The summed E-state index contributed by atoms with van der Waals surface area (Å²) >= 11 is 5.87. The highest BCUT2D eigenvalue weighted by Gasteiger charge is 2.01. The number of aromatic nitrogens is 4. The molecule has 0 saturated heterocycles. The Morgan fingerprint density at radius 3 is 3.12 bits per heavy atom. The van der Waals surface area contributed by atoms with Crippen molar-refractivity contribution in [3.63, 3.8) is 0 Å². The van der Waals surface area contributed by atoms with Crippen LogP contribution in [0.4, 0.5) is 5.95 Å². The van der Waals surface area contributed by atoms with Crippen molar-refractivity contribution in [1.82, 2.24) is 20.6 Å². The number of hydrogen-bond donors (Lipinski definition) is 2. The highest BCUT2D eigenvalue weighted by molar-refractivity contribution is 6.30. The van der Waals surface area contributed by atoms with Gasteiger partial charge in [-0.3, -0.25) is 0 Å². The molecular formula is C9H9ClN6O. The monoisotopic (exact) mass is 252 g/mol. The van der Waals surface area contributed by atoms with E-state index in [1.165, 1.54) is 0 Å². The maximum atomic E-state index is 5.87. The first kappa shape index (κ1) is 11.3. The highest BCUT2D eigenvalue weighted by atomic mass is 35.5. The summed E-state index contributed by atoms with van der Waals surface area (Å²) in [5.41, 5.74) is 3.35. The molecule has 7 nitrogen and oxygen atoms in total. The second kappa shape index (κ2) is 5.26. The maximum absolute atomic E-state index is 5.87. The summed E-state index contributed by atoms with van der Waals surface area (Å²) in [7, 11) is 1.58. The van der Waals surface area contributed by atoms with Crippen molar-refractivity contribution in [2.75, 3.05) is 12.5 Å². The van der Waals surface area contributed by atoms with E-state index in [0.717, 1.165) is 5.56 Å². The highest BCUT2D eigenvalue weighted by Crippen LogP contribution is 2.20. The Balaban J connectivity index is 2.12. The Bertz CT molecular complexity index is 512. The van der Waals surface area contributed by atoms with Crippen LogP contribution in [0.25, 0.3) is 0 Å². The van der Waals surface area contributed by atoms with E-state index in [-0.39, 0.29) is 5.95 Å². The molecule has 0 unspecified atom stereocenters. The van der Waals surface area contributed by atoms with E-state index in [9.17, 15) is 0 Å². The van der Waals surface area contributed by atoms with E-state index in [2.05, 4.69) is 31.2 Å². The summed E-state index contributed by atoms with van der Waals surface area (Å²) in [6, 6.07) is 5.24. The second-order valence-corrected chi connectivity index (χ2v) is 3.43. The third kappa shape index (κ3) is 2.91. The number of hydrogen-bond acceptors (Lipinski definition) is 6. The minimum absolute atomic E-state index is 0.280. The zero-order valence-electron chi connectivity index (χ0n) is 8.88. The molecule has 1 aromatic heterocycles. The van der Waals surface area contributed by atoms with Gasteiger partial charge in [0.25, 0.3) is 5.95 Å². The zero-order valence-corrected chi connectivity index (χ0v) is 9.64. The number of H-pyrrole nitrogens is 1. The normalized spacial score (nSPS) is 10.7. The van der Waals surface area contributed by atoms with Crippen LogP contribution in [0.15, 0.2) is 23.3 Å². The number of hydrazone groups is 1. The van der Waals surface area contributed by atoms with Crippen molar-refractivity contribution in [3.8, 4) is 5.75 Å². The van der Waals surface area contributed by atoms with Gasteiger partial charge in [0.1, 0.15) is 5.75 Å². The van der Waals surface area contributed by atoms with Crippen LogP contribution in [-0.4, -0.2) is 33.9 Å². The summed E-state index contributed by atoms with van der Waals surface area (Å²) in [4.78, 5) is 0. The first-order valence-electron chi connectivity index (χ1n) is 4.65. The third-order valence-electron chi connectivity index (χ3n) is 1.91. The zero-order chi connectivity index (χ0) is 12.1. The standard InChI is InChI=1S/C9H9ClN6O/c1-17-8-3-2-7(10)4-6(8)5-11-12-9-13-15-16-14-9/h2-5H,1H3,(H2,12,13,14,15,16)/b11-5-. The molecule has 0 bridgehead atoms. The molecule has 8 heteroatoms. The Kier molecular flexibility index (Phi) is 3.51. The van der Waals surface area contributed by atoms with Crippen LogP contribution < -0.4 is 10.2 Å². The molecule has 0 amide bonds. The van der Waals surface area contributed by atoms with Gasteiger partial charge in [-0.05, 0) is 23.4 Å². The number of methoxy groups -OCH3 is 1. The lowest BCUT2D eigenvalue weighted by Gasteiger charge is -2.03. The summed E-state index contributed by atoms with van der Waals surface area (Å²) < 4.78 is 5.16. The average molecular weight is 253 g/mol. The molecule has 0 atom stereocenters. The van der Waals surface area contributed by atoms with Crippen LogP contribution >= 0.6 is 11.6 Å². The lowest BCUT2D eigenvalue weighted by atomic mass is 10.2. The van der Waals surface area contributed by atoms with Gasteiger partial charge in [-0.2, -0.15) is 10.3 Å². The number of aromatic amines is 1. The van der Waals surface area contributed by atoms with Crippen molar-refractivity contribution in [1.29, 1.82) is 0 Å². The molecule has 0 fully saturated rings. The lowest BCUT2D eigenvalue weighted by molar-refractivity contribution is 0.414. The minimum atomic E-state index is 0.280. The van der Waals surface area contributed by atoms with Crippen molar-refractivity contribution in [2.45, 2.75) is 0 Å². The van der Waals surface area contributed by atoms with Gasteiger partial charge in [-0.25, -0.2) is 5.43 Å². The predicted molar refractivity (Wildman–Crippen MR) is 63.4 cm³/mol. The maximum Gasteiger partial charge on any atom is 0.283 e. The van der Waals surface area contributed by atoms with Crippen LogP contribution in [0, 0.1) is 0 Å². The van der Waals surface area contributed by atoms with E-state index in [4.69, 9.17) is 16.3 Å². The Morgan fingerprint density at radius 1 is 1.53 bits per heavy atom. The van der Waals surface area contributed by atoms with Crippen LogP contribution in [0.2, 0.25) is 5.02 Å². The van der Waals surface area contributed by atoms with Crippen LogP contribution in [0.3, 0.4) is 0 Å². The number of rotatable bonds is 4. The number of anilines is 1. The fraction of sp³-hybridized carbons (Fsp3) is 0.111. The quantitative estimate of drug-likeness (QED) is 0.633. The number of nitrogens with one attached hydrogen (secondary N) is 2. The minimum Gasteiger partial charge on any atom is -0.496 e. The Labute approximate surface area is 102 Å². The van der Waals surface area contributed by atoms with E-state index in [1.807, 2.05) is 0 Å². The molecule has 2 N–H and O–H groups in total. The summed E-state index contributed by atoms with van der Waals surface area (Å²) in [6.45, 7) is 0. The SMILES string of the molecule is COc1ccc(Cl)cc1/C=N\Nc1nn[nH]n1. The van der Waals surface area contributed by atoms with Gasteiger partial charge >= 0.3 is 0 Å². The fourth-order valence-corrected chi connectivity index (χ4v) is 1.36. The first-order valence-corrected chi connectivity index (χ1v) is 5.03. The molecule has 1 aromatic carbocycles. The average Bonchev–Trinajstić information content (AvgIpc) is 2.82. The molecular weight excluding hydrogens is 244 g/mol. The molecule has 0 saturated carbocycles. The van der Waals surface area contributed by atoms with Gasteiger partial charge in [0.05, 0.1) is 13.3 Å². The molecule has 2 aromatic rings. The summed E-state index contributed by atoms with van der Waals surface area (Å²) in [6.07, 6.45) is 1.56. The van der Waals surface area contributed by atoms with Crippen molar-refractivity contribution in [3.05, 3.63) is 28.8 Å². The van der Waals surface area contributed by atoms with Gasteiger partial charge in [-0.1, -0.05) is 16.7 Å². The van der Waals surface area contributed by atoms with Gasteiger partial charge in [0.2, 0.25) is 0 Å². The van der Waals surface area contributed by atoms with Crippen LogP contribution in [0.5, 0.6) is 5.75 Å². The second-order valence-electron chi connectivity index (χ2n) is 2.99. The molecule has 0 aliphatic carbocycles. The molecule has 1 heterocycles. The van der Waals surface area contributed by atoms with Gasteiger partial charge in [0, 0.05) is 10.6 Å². The molecule has 0 aliphatic heterocycles. The Hall–Kier alpha value is -2.15. The van der Waals surface area contributed by atoms with Crippen molar-refractivity contribution in [2.24, 2.45) is 5.10 Å². The number of ether oxygens (including phenoxy) is 1. The Morgan fingerprint density at radius 2 is 2.41 bits per heavy atom. The molecule has 88 valence electrons. The number of benzene rings is 1. The molecule has 0 radical (unpaired) electrons. The number of halogens is 1. The van der Waals surface area contributed by atoms with Crippen molar-refractivity contribution >= 4 is 23.8 Å². The van der Waals surface area contributed by atoms with E-state index in [1.54, 1.807) is 31.5 Å². The topological polar surface area (TPSA) is 88.1 Å². The van der Waals surface area contributed by atoms with Crippen LogP contribution in [0.1, 0.15) is 5.56 Å². The molecule has 17 heavy (non-hydrogen) atoms. The fourth-order valence-electron chi connectivity index (χ4n) is 1.17. The van der Waals surface area contributed by atoms with Gasteiger partial charge < -0.3 is 4.74 Å². The van der Waals surface area contributed by atoms with E-state index in [0.29, 0.717) is 10.8 Å². The van der Waals surface area contributed by atoms with Gasteiger partial charge in [-0.15, -0.1) is 5.10 Å². The number of tetrazole rings is 1. The summed E-state index contributed by atoms with van der Waals surface area (Å²) in [5.74, 6) is 0.954. The smallest absolute Gasteiger partial charge is 0.283 e. The van der Waals surface area contributed by atoms with E-state index >= 15 is 0 Å². The van der Waals surface area contributed by atoms with Crippen LogP contribution in [-0.2, 0) is 0 Å². The number of nitrogens with zero attached hydrogens (tertiary/aromatic N) is 4. The summed E-state index contributed by atoms with van der Waals surface area (Å²) in [5, 5.41) is 17.6. The third-order valence-corrected chi connectivity index (χ3v) is 2.14.